The lowest BCUT2D eigenvalue weighted by Crippen LogP contribution is -2.05. The number of anilines is 1. The van der Waals surface area contributed by atoms with Crippen LogP contribution in [0, 0.1) is 0 Å². The fourth-order valence-corrected chi connectivity index (χ4v) is 1.98. The van der Waals surface area contributed by atoms with E-state index in [1.54, 1.807) is 0 Å². The Morgan fingerprint density at radius 3 is 2.86 bits per heavy atom. The zero-order valence-corrected chi connectivity index (χ0v) is 10.00. The summed E-state index contributed by atoms with van der Waals surface area (Å²) in [5.41, 5.74) is 2.34. The Bertz CT molecular complexity index is 265. The van der Waals surface area contributed by atoms with Crippen molar-refractivity contribution >= 4 is 29.1 Å². The summed E-state index contributed by atoms with van der Waals surface area (Å²) in [5.74, 6) is 2.90. The van der Waals surface area contributed by atoms with Gasteiger partial charge in [0.15, 0.2) is 0 Å². The van der Waals surface area contributed by atoms with Crippen LogP contribution in [0.25, 0.3) is 0 Å². The van der Waals surface area contributed by atoms with Gasteiger partial charge >= 0.3 is 0 Å². The van der Waals surface area contributed by atoms with Crippen molar-refractivity contribution in [3.05, 3.63) is 29.8 Å². The molecule has 0 bridgehead atoms. The third-order valence-electron chi connectivity index (χ3n) is 1.93. The smallest absolute Gasteiger partial charge is 0.0494 e. The maximum atomic E-state index is 5.83. The second-order valence-corrected chi connectivity index (χ2v) is 4.58. The van der Waals surface area contributed by atoms with Gasteiger partial charge in [-0.25, -0.2) is 0 Å². The second kappa shape index (κ2) is 7.02. The van der Waals surface area contributed by atoms with Gasteiger partial charge in [-0.3, -0.25) is 0 Å². The van der Waals surface area contributed by atoms with Gasteiger partial charge in [-0.15, -0.1) is 11.6 Å². The van der Waals surface area contributed by atoms with Crippen molar-refractivity contribution < 1.29 is 0 Å². The van der Waals surface area contributed by atoms with E-state index in [9.17, 15) is 0 Å². The monoisotopic (exact) mass is 229 g/mol. The first-order valence-corrected chi connectivity index (χ1v) is 6.53. The molecule has 0 aliphatic heterocycles. The zero-order valence-electron chi connectivity index (χ0n) is 8.42. The largest absolute Gasteiger partial charge is 0.384 e. The highest BCUT2D eigenvalue weighted by atomic mass is 35.5. The van der Waals surface area contributed by atoms with Gasteiger partial charge in [0, 0.05) is 23.9 Å². The Labute approximate surface area is 95.2 Å². The fraction of sp³-hybridized carbons (Fsp3) is 0.455. The molecule has 0 radical (unpaired) electrons. The van der Waals surface area contributed by atoms with Crippen LogP contribution in [0.5, 0.6) is 0 Å². The van der Waals surface area contributed by atoms with Crippen LogP contribution in [0.2, 0.25) is 0 Å². The van der Waals surface area contributed by atoms with E-state index in [1.807, 2.05) is 23.9 Å². The number of para-hydroxylation sites is 1. The third-order valence-corrected chi connectivity index (χ3v) is 3.12. The van der Waals surface area contributed by atoms with Crippen molar-refractivity contribution in [1.82, 2.24) is 0 Å². The minimum absolute atomic E-state index is 0.574. The van der Waals surface area contributed by atoms with Crippen LogP contribution in [-0.4, -0.2) is 18.1 Å². The molecule has 0 amide bonds. The molecule has 0 spiro atoms. The van der Waals surface area contributed by atoms with Crippen LogP contribution in [0.1, 0.15) is 12.5 Å². The minimum atomic E-state index is 0.574. The molecule has 0 fully saturated rings. The van der Waals surface area contributed by atoms with Crippen LogP contribution in [0.3, 0.4) is 0 Å². The lowest BCUT2D eigenvalue weighted by molar-refractivity contribution is 1.20. The van der Waals surface area contributed by atoms with Gasteiger partial charge in [0.05, 0.1) is 0 Å². The minimum Gasteiger partial charge on any atom is -0.384 e. The van der Waals surface area contributed by atoms with Crippen LogP contribution >= 0.6 is 23.4 Å². The standard InChI is InChI=1S/C11H16ClNS/c1-2-14-8-7-13-11-6-4-3-5-10(11)9-12/h3-6,13H,2,7-9H2,1H3. The van der Waals surface area contributed by atoms with E-state index in [-0.39, 0.29) is 0 Å². The molecule has 78 valence electrons. The molecule has 14 heavy (non-hydrogen) atoms. The normalized spacial score (nSPS) is 10.1. The van der Waals surface area contributed by atoms with Crippen molar-refractivity contribution in [2.45, 2.75) is 12.8 Å². The van der Waals surface area contributed by atoms with Crippen LogP contribution < -0.4 is 5.32 Å². The molecule has 0 aromatic heterocycles. The summed E-state index contributed by atoms with van der Waals surface area (Å²) < 4.78 is 0. The number of thioether (sulfide) groups is 1. The van der Waals surface area contributed by atoms with E-state index in [2.05, 4.69) is 24.4 Å². The van der Waals surface area contributed by atoms with Gasteiger partial charge in [0.2, 0.25) is 0 Å². The third kappa shape index (κ3) is 3.81. The van der Waals surface area contributed by atoms with Crippen molar-refractivity contribution in [2.24, 2.45) is 0 Å². The average molecular weight is 230 g/mol. The number of benzene rings is 1. The highest BCUT2D eigenvalue weighted by Crippen LogP contribution is 2.16. The van der Waals surface area contributed by atoms with Crippen molar-refractivity contribution in [3.63, 3.8) is 0 Å². The van der Waals surface area contributed by atoms with Crippen LogP contribution in [-0.2, 0) is 5.88 Å². The van der Waals surface area contributed by atoms with E-state index < -0.39 is 0 Å². The molecule has 0 saturated carbocycles. The van der Waals surface area contributed by atoms with Gasteiger partial charge in [-0.2, -0.15) is 11.8 Å². The lowest BCUT2D eigenvalue weighted by atomic mass is 10.2. The van der Waals surface area contributed by atoms with Crippen molar-refractivity contribution in [2.75, 3.05) is 23.4 Å². The number of hydrogen-bond acceptors (Lipinski definition) is 2. The lowest BCUT2D eigenvalue weighted by Gasteiger charge is -2.09. The molecule has 1 rings (SSSR count). The van der Waals surface area contributed by atoms with Gasteiger partial charge in [0.1, 0.15) is 0 Å². The summed E-state index contributed by atoms with van der Waals surface area (Å²) in [4.78, 5) is 0. The molecular weight excluding hydrogens is 214 g/mol. The summed E-state index contributed by atoms with van der Waals surface area (Å²) in [7, 11) is 0. The number of halogens is 1. The van der Waals surface area contributed by atoms with Crippen LogP contribution in [0.15, 0.2) is 24.3 Å². The van der Waals surface area contributed by atoms with Gasteiger partial charge in [-0.1, -0.05) is 25.1 Å². The Balaban J connectivity index is 2.41. The fourth-order valence-electron chi connectivity index (χ4n) is 1.21. The Morgan fingerprint density at radius 1 is 1.36 bits per heavy atom. The topological polar surface area (TPSA) is 12.0 Å². The highest BCUT2D eigenvalue weighted by molar-refractivity contribution is 7.99. The number of rotatable bonds is 6. The van der Waals surface area contributed by atoms with Crippen molar-refractivity contribution in [1.29, 1.82) is 0 Å². The van der Waals surface area contributed by atoms with Crippen molar-refractivity contribution in [3.8, 4) is 0 Å². The molecule has 1 aromatic rings. The molecule has 1 N–H and O–H groups in total. The van der Waals surface area contributed by atoms with Gasteiger partial charge < -0.3 is 5.32 Å². The van der Waals surface area contributed by atoms with E-state index in [1.165, 1.54) is 17.0 Å². The summed E-state index contributed by atoms with van der Waals surface area (Å²) in [6.45, 7) is 3.18. The average Bonchev–Trinajstić information content (AvgIpc) is 2.25. The first-order valence-electron chi connectivity index (χ1n) is 4.84. The number of hydrogen-bond donors (Lipinski definition) is 1. The van der Waals surface area contributed by atoms with E-state index in [0.717, 1.165) is 12.3 Å². The first kappa shape index (κ1) is 11.7. The van der Waals surface area contributed by atoms with E-state index >= 15 is 0 Å². The molecule has 0 aliphatic rings. The number of nitrogens with one attached hydrogen (secondary N) is 1. The molecule has 0 unspecified atom stereocenters. The summed E-state index contributed by atoms with van der Waals surface area (Å²) in [6, 6.07) is 8.19. The summed E-state index contributed by atoms with van der Waals surface area (Å²) in [6.07, 6.45) is 0. The molecule has 0 aliphatic carbocycles. The van der Waals surface area contributed by atoms with E-state index in [4.69, 9.17) is 11.6 Å². The van der Waals surface area contributed by atoms with Gasteiger partial charge in [-0.05, 0) is 17.4 Å². The molecule has 0 heterocycles. The predicted octanol–water partition coefficient (Wildman–Crippen LogP) is 3.59. The molecular formula is C11H16ClNS. The highest BCUT2D eigenvalue weighted by Gasteiger charge is 1.98. The van der Waals surface area contributed by atoms with Gasteiger partial charge in [0.25, 0.3) is 0 Å². The summed E-state index contributed by atoms with van der Waals surface area (Å²) >= 11 is 7.77. The Hall–Kier alpha value is -0.340. The predicted molar refractivity (Wildman–Crippen MR) is 67.5 cm³/mol. The molecule has 0 atom stereocenters. The first-order chi connectivity index (χ1) is 6.88. The molecule has 1 aromatic carbocycles. The molecule has 0 saturated heterocycles. The molecule has 3 heteroatoms. The zero-order chi connectivity index (χ0) is 10.2. The maximum Gasteiger partial charge on any atom is 0.0494 e. The number of alkyl halides is 1. The Morgan fingerprint density at radius 2 is 2.14 bits per heavy atom. The second-order valence-electron chi connectivity index (χ2n) is 2.91. The summed E-state index contributed by atoms with van der Waals surface area (Å²) in [5, 5.41) is 3.39. The SMILES string of the molecule is CCSCCNc1ccccc1CCl. The quantitative estimate of drug-likeness (QED) is 0.591. The Kier molecular flexibility index (Phi) is 5.88. The van der Waals surface area contributed by atoms with E-state index in [0.29, 0.717) is 5.88 Å². The van der Waals surface area contributed by atoms with Crippen LogP contribution in [0.4, 0.5) is 5.69 Å². The molecule has 1 nitrogen and oxygen atoms in total. The maximum absolute atomic E-state index is 5.83.